The van der Waals surface area contributed by atoms with E-state index in [0.717, 1.165) is 37.2 Å². The van der Waals surface area contributed by atoms with Gasteiger partial charge in [0.15, 0.2) is 0 Å². The van der Waals surface area contributed by atoms with Gasteiger partial charge in [-0.05, 0) is 38.0 Å². The number of carbonyl (C=O) groups excluding carboxylic acids is 1. The Morgan fingerprint density at radius 3 is 2.79 bits per heavy atom. The van der Waals surface area contributed by atoms with Crippen molar-refractivity contribution in [1.29, 1.82) is 0 Å². The smallest absolute Gasteiger partial charge is 0.225 e. The summed E-state index contributed by atoms with van der Waals surface area (Å²) in [6.07, 6.45) is 8.47. The van der Waals surface area contributed by atoms with Crippen LogP contribution in [0.2, 0.25) is 0 Å². The maximum absolute atomic E-state index is 12.5. The molecule has 0 bridgehead atoms. The lowest BCUT2D eigenvalue weighted by atomic mass is 10.1. The molecule has 1 N–H and O–H groups in total. The van der Waals surface area contributed by atoms with Crippen LogP contribution in [0.3, 0.4) is 0 Å². The first-order valence-corrected chi connectivity index (χ1v) is 8.76. The third kappa shape index (κ3) is 4.37. The topological polar surface area (TPSA) is 58.4 Å². The van der Waals surface area contributed by atoms with Crippen LogP contribution < -0.4 is 5.32 Å². The summed E-state index contributed by atoms with van der Waals surface area (Å²) in [5.41, 5.74) is 1.90. The van der Waals surface area contributed by atoms with Gasteiger partial charge in [-0.1, -0.05) is 18.9 Å². The first-order valence-electron chi connectivity index (χ1n) is 8.76. The monoisotopic (exact) mass is 327 g/mol. The molecular weight excluding hydrogens is 302 g/mol. The predicted octanol–water partition coefficient (Wildman–Crippen LogP) is 3.93. The molecule has 5 heteroatoms. The molecule has 0 spiro atoms. The lowest BCUT2D eigenvalue weighted by Gasteiger charge is -2.23. The standard InChI is InChI=1S/C19H25N3O2/c1-15(13-18(23)22-10-4-2-3-5-11-22)21-17-8-6-7-16(14-17)19-20-9-12-24-19/h6-9,12,14-15,21H,2-5,10-11,13H2,1H3. The highest BCUT2D eigenvalue weighted by Gasteiger charge is 2.18. The Morgan fingerprint density at radius 1 is 1.29 bits per heavy atom. The molecule has 1 atom stereocenters. The van der Waals surface area contributed by atoms with E-state index in [2.05, 4.69) is 10.3 Å². The molecule has 2 aromatic rings. The maximum Gasteiger partial charge on any atom is 0.225 e. The van der Waals surface area contributed by atoms with Crippen molar-refractivity contribution >= 4 is 11.6 Å². The summed E-state index contributed by atoms with van der Waals surface area (Å²) in [5.74, 6) is 0.854. The van der Waals surface area contributed by atoms with Crippen molar-refractivity contribution in [3.63, 3.8) is 0 Å². The average molecular weight is 327 g/mol. The highest BCUT2D eigenvalue weighted by Crippen LogP contribution is 2.22. The van der Waals surface area contributed by atoms with Crippen molar-refractivity contribution in [2.24, 2.45) is 0 Å². The predicted molar refractivity (Wildman–Crippen MR) is 94.7 cm³/mol. The van der Waals surface area contributed by atoms with Crippen LogP contribution >= 0.6 is 0 Å². The molecular formula is C19H25N3O2. The second-order valence-corrected chi connectivity index (χ2v) is 6.46. The van der Waals surface area contributed by atoms with Gasteiger partial charge >= 0.3 is 0 Å². The lowest BCUT2D eigenvalue weighted by Crippen LogP contribution is -2.35. The quantitative estimate of drug-likeness (QED) is 0.904. The Kier molecular flexibility index (Phi) is 5.51. The van der Waals surface area contributed by atoms with Gasteiger partial charge in [-0.3, -0.25) is 4.79 Å². The van der Waals surface area contributed by atoms with Crippen molar-refractivity contribution in [3.8, 4) is 11.5 Å². The Balaban J connectivity index is 1.57. The normalized spacial score (nSPS) is 16.5. The number of hydrogen-bond donors (Lipinski definition) is 1. The molecule has 2 heterocycles. The zero-order valence-corrected chi connectivity index (χ0v) is 14.2. The molecule has 24 heavy (non-hydrogen) atoms. The number of amides is 1. The van der Waals surface area contributed by atoms with Crippen LogP contribution in [0, 0.1) is 0 Å². The number of oxazole rings is 1. The number of rotatable bonds is 5. The maximum atomic E-state index is 12.5. The molecule has 1 fully saturated rings. The number of hydrogen-bond acceptors (Lipinski definition) is 4. The van der Waals surface area contributed by atoms with Crippen LogP contribution in [0.4, 0.5) is 5.69 Å². The Bertz CT molecular complexity index is 646. The fraction of sp³-hybridized carbons (Fsp3) is 0.474. The molecule has 3 rings (SSSR count). The molecule has 1 aromatic heterocycles. The van der Waals surface area contributed by atoms with Crippen molar-refractivity contribution in [1.82, 2.24) is 9.88 Å². The minimum atomic E-state index is 0.0839. The molecule has 0 aliphatic carbocycles. The molecule has 1 aliphatic heterocycles. The van der Waals surface area contributed by atoms with E-state index in [-0.39, 0.29) is 11.9 Å². The van der Waals surface area contributed by atoms with E-state index >= 15 is 0 Å². The zero-order chi connectivity index (χ0) is 16.8. The molecule has 1 aliphatic rings. The van der Waals surface area contributed by atoms with Crippen LogP contribution in [-0.2, 0) is 4.79 Å². The fourth-order valence-corrected chi connectivity index (χ4v) is 3.15. The molecule has 128 valence electrons. The fourth-order valence-electron chi connectivity index (χ4n) is 3.15. The summed E-state index contributed by atoms with van der Waals surface area (Å²) in [5, 5.41) is 3.41. The third-order valence-corrected chi connectivity index (χ3v) is 4.39. The van der Waals surface area contributed by atoms with Crippen molar-refractivity contribution < 1.29 is 9.21 Å². The Labute approximate surface area is 143 Å². The van der Waals surface area contributed by atoms with Crippen LogP contribution in [0.5, 0.6) is 0 Å². The summed E-state index contributed by atoms with van der Waals surface area (Å²) in [4.78, 5) is 18.7. The summed E-state index contributed by atoms with van der Waals surface area (Å²) in [6.45, 7) is 3.87. The van der Waals surface area contributed by atoms with Crippen molar-refractivity contribution in [2.75, 3.05) is 18.4 Å². The second-order valence-electron chi connectivity index (χ2n) is 6.46. The molecule has 1 saturated heterocycles. The second kappa shape index (κ2) is 7.99. The van der Waals surface area contributed by atoms with Gasteiger partial charge in [0.25, 0.3) is 0 Å². The summed E-state index contributed by atoms with van der Waals surface area (Å²) in [7, 11) is 0. The van der Waals surface area contributed by atoms with Gasteiger partial charge in [0.2, 0.25) is 11.8 Å². The van der Waals surface area contributed by atoms with Crippen molar-refractivity contribution in [3.05, 3.63) is 36.7 Å². The first kappa shape index (κ1) is 16.6. The number of carbonyl (C=O) groups is 1. The number of benzene rings is 1. The molecule has 5 nitrogen and oxygen atoms in total. The van der Waals surface area contributed by atoms with E-state index in [1.165, 1.54) is 12.8 Å². The Morgan fingerprint density at radius 2 is 2.08 bits per heavy atom. The van der Waals surface area contributed by atoms with E-state index < -0.39 is 0 Å². The van der Waals surface area contributed by atoms with E-state index in [4.69, 9.17) is 4.42 Å². The largest absolute Gasteiger partial charge is 0.445 e. The van der Waals surface area contributed by atoms with Gasteiger partial charge in [-0.25, -0.2) is 4.98 Å². The van der Waals surface area contributed by atoms with Gasteiger partial charge in [0.05, 0.1) is 6.20 Å². The van der Waals surface area contributed by atoms with Crippen LogP contribution in [0.25, 0.3) is 11.5 Å². The van der Waals surface area contributed by atoms with Crippen LogP contribution in [-0.4, -0.2) is 34.9 Å². The number of likely N-dealkylation sites (tertiary alicyclic amines) is 1. The average Bonchev–Trinajstić information content (AvgIpc) is 2.97. The minimum Gasteiger partial charge on any atom is -0.445 e. The molecule has 1 amide bonds. The zero-order valence-electron chi connectivity index (χ0n) is 14.2. The molecule has 0 saturated carbocycles. The van der Waals surface area contributed by atoms with E-state index in [0.29, 0.717) is 12.3 Å². The SMILES string of the molecule is CC(CC(=O)N1CCCCCC1)Nc1cccc(-c2ncco2)c1. The van der Waals surface area contributed by atoms with Gasteiger partial charge in [-0.15, -0.1) is 0 Å². The van der Waals surface area contributed by atoms with Gasteiger partial charge < -0.3 is 14.6 Å². The number of nitrogens with zero attached hydrogens (tertiary/aromatic N) is 2. The van der Waals surface area contributed by atoms with Gasteiger partial charge in [0, 0.05) is 36.8 Å². The third-order valence-electron chi connectivity index (χ3n) is 4.39. The lowest BCUT2D eigenvalue weighted by molar-refractivity contribution is -0.131. The first-order chi connectivity index (χ1) is 11.7. The van der Waals surface area contributed by atoms with E-state index in [9.17, 15) is 4.79 Å². The van der Waals surface area contributed by atoms with Crippen LogP contribution in [0.1, 0.15) is 39.0 Å². The number of aromatic nitrogens is 1. The summed E-state index contributed by atoms with van der Waals surface area (Å²) < 4.78 is 5.34. The van der Waals surface area contributed by atoms with Crippen LogP contribution in [0.15, 0.2) is 41.1 Å². The molecule has 1 unspecified atom stereocenters. The Hall–Kier alpha value is -2.30. The highest BCUT2D eigenvalue weighted by molar-refractivity contribution is 5.77. The summed E-state index contributed by atoms with van der Waals surface area (Å²) in [6, 6.07) is 8.01. The molecule has 0 radical (unpaired) electrons. The van der Waals surface area contributed by atoms with Gasteiger partial charge in [0.1, 0.15) is 6.26 Å². The number of anilines is 1. The number of nitrogens with one attached hydrogen (secondary N) is 1. The summed E-state index contributed by atoms with van der Waals surface area (Å²) >= 11 is 0. The van der Waals surface area contributed by atoms with E-state index in [1.54, 1.807) is 12.5 Å². The molecule has 1 aromatic carbocycles. The minimum absolute atomic E-state index is 0.0839. The van der Waals surface area contributed by atoms with E-state index in [1.807, 2.05) is 36.1 Å². The van der Waals surface area contributed by atoms with Crippen molar-refractivity contribution in [2.45, 2.75) is 45.1 Å². The van der Waals surface area contributed by atoms with Gasteiger partial charge in [-0.2, -0.15) is 0 Å². The highest BCUT2D eigenvalue weighted by atomic mass is 16.3.